The van der Waals surface area contributed by atoms with Gasteiger partial charge in [0.1, 0.15) is 17.6 Å². The molecular formula is C20H27N3O4. The number of hydrogen-bond acceptors (Lipinski definition) is 7. The number of piperidine rings is 1. The zero-order chi connectivity index (χ0) is 18.5. The predicted molar refractivity (Wildman–Crippen MR) is 98.7 cm³/mol. The maximum Gasteiger partial charge on any atom is 0.255 e. The molecule has 0 radical (unpaired) electrons. The molecule has 0 amide bonds. The van der Waals surface area contributed by atoms with E-state index < -0.39 is 0 Å². The van der Waals surface area contributed by atoms with Crippen LogP contribution in [0.4, 0.5) is 0 Å². The Kier molecular flexibility index (Phi) is 5.89. The van der Waals surface area contributed by atoms with Crippen LogP contribution in [0.5, 0.6) is 11.5 Å². The second kappa shape index (κ2) is 8.71. The normalized spacial score (nSPS) is 21.4. The number of nitrogens with zero attached hydrogens (tertiary/aromatic N) is 3. The van der Waals surface area contributed by atoms with E-state index in [4.69, 9.17) is 18.7 Å². The monoisotopic (exact) mass is 373 g/mol. The van der Waals surface area contributed by atoms with Gasteiger partial charge in [-0.2, -0.15) is 4.98 Å². The fraction of sp³-hybridized carbons (Fsp3) is 0.600. The van der Waals surface area contributed by atoms with Crippen molar-refractivity contribution < 1.29 is 18.7 Å². The lowest BCUT2D eigenvalue weighted by atomic mass is 9.98. The van der Waals surface area contributed by atoms with E-state index in [-0.39, 0.29) is 6.10 Å². The van der Waals surface area contributed by atoms with Gasteiger partial charge in [-0.3, -0.25) is 4.90 Å². The molecule has 2 fully saturated rings. The summed E-state index contributed by atoms with van der Waals surface area (Å²) in [5.41, 5.74) is 0. The van der Waals surface area contributed by atoms with Crippen molar-refractivity contribution in [2.45, 2.75) is 38.3 Å². The van der Waals surface area contributed by atoms with Crippen LogP contribution in [0, 0.1) is 5.92 Å². The number of ether oxygens (including phenoxy) is 3. The molecule has 146 valence electrons. The molecule has 0 spiro atoms. The van der Waals surface area contributed by atoms with Gasteiger partial charge < -0.3 is 18.7 Å². The molecule has 27 heavy (non-hydrogen) atoms. The first kappa shape index (κ1) is 18.3. The van der Waals surface area contributed by atoms with Crippen molar-refractivity contribution in [3.8, 4) is 11.5 Å². The lowest BCUT2D eigenvalue weighted by molar-refractivity contribution is 0.0835. The number of hydrogen-bond donors (Lipinski definition) is 0. The molecule has 1 aromatic heterocycles. The Morgan fingerprint density at radius 3 is 2.59 bits per heavy atom. The van der Waals surface area contributed by atoms with Crippen LogP contribution in [-0.4, -0.2) is 48.5 Å². The van der Waals surface area contributed by atoms with E-state index in [0.717, 1.165) is 75.9 Å². The minimum Gasteiger partial charge on any atom is -0.497 e. The van der Waals surface area contributed by atoms with Gasteiger partial charge >= 0.3 is 0 Å². The van der Waals surface area contributed by atoms with E-state index in [0.29, 0.717) is 11.8 Å². The highest BCUT2D eigenvalue weighted by Crippen LogP contribution is 2.27. The van der Waals surface area contributed by atoms with E-state index in [9.17, 15) is 0 Å². The van der Waals surface area contributed by atoms with Gasteiger partial charge in [0.2, 0.25) is 0 Å². The maximum atomic E-state index is 5.93. The molecule has 2 aromatic rings. The van der Waals surface area contributed by atoms with Gasteiger partial charge in [0, 0.05) is 6.61 Å². The molecule has 0 N–H and O–H groups in total. The van der Waals surface area contributed by atoms with Crippen molar-refractivity contribution in [3.05, 3.63) is 36.0 Å². The van der Waals surface area contributed by atoms with Gasteiger partial charge in [-0.05, 0) is 69.0 Å². The predicted octanol–water partition coefficient (Wildman–Crippen LogP) is 3.22. The Hall–Kier alpha value is -2.12. The van der Waals surface area contributed by atoms with Gasteiger partial charge in [0.15, 0.2) is 5.82 Å². The summed E-state index contributed by atoms with van der Waals surface area (Å²) in [4.78, 5) is 6.90. The SMILES string of the molecule is COc1ccc(OCC2CCN(Cc3noc([C@H]4CCCO4)n3)CC2)cc1. The quantitative estimate of drug-likeness (QED) is 0.738. The first-order valence-electron chi connectivity index (χ1n) is 9.73. The van der Waals surface area contributed by atoms with E-state index in [1.807, 2.05) is 24.3 Å². The summed E-state index contributed by atoms with van der Waals surface area (Å²) in [6, 6.07) is 7.76. The third-order valence-corrected chi connectivity index (χ3v) is 5.31. The summed E-state index contributed by atoms with van der Waals surface area (Å²) in [7, 11) is 1.67. The largest absolute Gasteiger partial charge is 0.497 e. The maximum absolute atomic E-state index is 5.93. The van der Waals surface area contributed by atoms with Crippen molar-refractivity contribution in [2.75, 3.05) is 33.4 Å². The number of likely N-dealkylation sites (tertiary alicyclic amines) is 1. The molecule has 1 aromatic carbocycles. The average molecular weight is 373 g/mol. The highest BCUT2D eigenvalue weighted by atomic mass is 16.5. The van der Waals surface area contributed by atoms with Crippen LogP contribution in [0.15, 0.2) is 28.8 Å². The minimum atomic E-state index is -0.00732. The second-order valence-electron chi connectivity index (χ2n) is 7.26. The molecule has 0 bridgehead atoms. The smallest absolute Gasteiger partial charge is 0.255 e. The van der Waals surface area contributed by atoms with E-state index >= 15 is 0 Å². The molecule has 0 aliphatic carbocycles. The Morgan fingerprint density at radius 1 is 1.11 bits per heavy atom. The molecule has 7 heteroatoms. The molecule has 0 unspecified atom stereocenters. The third-order valence-electron chi connectivity index (χ3n) is 5.31. The zero-order valence-corrected chi connectivity index (χ0v) is 15.8. The first-order valence-corrected chi connectivity index (χ1v) is 9.73. The molecule has 2 aliphatic rings. The summed E-state index contributed by atoms with van der Waals surface area (Å²) in [6.07, 6.45) is 4.27. The molecule has 2 aliphatic heterocycles. The topological polar surface area (TPSA) is 69.9 Å². The number of benzene rings is 1. The molecule has 3 heterocycles. The lowest BCUT2D eigenvalue weighted by Crippen LogP contribution is -2.35. The summed E-state index contributed by atoms with van der Waals surface area (Å²) >= 11 is 0. The van der Waals surface area contributed by atoms with Crippen molar-refractivity contribution in [2.24, 2.45) is 5.92 Å². The highest BCUT2D eigenvalue weighted by molar-refractivity contribution is 5.31. The zero-order valence-electron chi connectivity index (χ0n) is 15.8. The fourth-order valence-electron chi connectivity index (χ4n) is 3.63. The highest BCUT2D eigenvalue weighted by Gasteiger charge is 2.25. The van der Waals surface area contributed by atoms with Crippen LogP contribution in [0.2, 0.25) is 0 Å². The fourth-order valence-corrected chi connectivity index (χ4v) is 3.63. The van der Waals surface area contributed by atoms with E-state index in [1.54, 1.807) is 7.11 Å². The van der Waals surface area contributed by atoms with E-state index in [1.165, 1.54) is 0 Å². The number of rotatable bonds is 7. The number of methoxy groups -OCH3 is 1. The summed E-state index contributed by atoms with van der Waals surface area (Å²) in [5.74, 6) is 3.71. The molecular weight excluding hydrogens is 346 g/mol. The molecule has 0 saturated carbocycles. The van der Waals surface area contributed by atoms with Gasteiger partial charge in [-0.25, -0.2) is 0 Å². The van der Waals surface area contributed by atoms with Crippen LogP contribution >= 0.6 is 0 Å². The Labute approximate surface area is 159 Å². The van der Waals surface area contributed by atoms with Crippen molar-refractivity contribution in [3.63, 3.8) is 0 Å². The van der Waals surface area contributed by atoms with Gasteiger partial charge in [-0.1, -0.05) is 5.16 Å². The van der Waals surface area contributed by atoms with Crippen molar-refractivity contribution in [1.29, 1.82) is 0 Å². The summed E-state index contributed by atoms with van der Waals surface area (Å²) in [6.45, 7) is 4.34. The minimum absolute atomic E-state index is 0.00732. The van der Waals surface area contributed by atoms with Crippen molar-refractivity contribution >= 4 is 0 Å². The molecule has 7 nitrogen and oxygen atoms in total. The van der Waals surface area contributed by atoms with Crippen molar-refractivity contribution in [1.82, 2.24) is 15.0 Å². The third kappa shape index (κ3) is 4.78. The van der Waals surface area contributed by atoms with Gasteiger partial charge in [-0.15, -0.1) is 0 Å². The second-order valence-corrected chi connectivity index (χ2v) is 7.26. The van der Waals surface area contributed by atoms with Gasteiger partial charge in [0.05, 0.1) is 20.3 Å². The molecule has 1 atom stereocenters. The molecule has 2 saturated heterocycles. The number of aromatic nitrogens is 2. The van der Waals surface area contributed by atoms with E-state index in [2.05, 4.69) is 15.0 Å². The van der Waals surface area contributed by atoms with Crippen LogP contribution in [0.3, 0.4) is 0 Å². The van der Waals surface area contributed by atoms with Crippen LogP contribution in [-0.2, 0) is 11.3 Å². The first-order chi connectivity index (χ1) is 13.3. The summed E-state index contributed by atoms with van der Waals surface area (Å²) in [5, 5.41) is 4.12. The van der Waals surface area contributed by atoms with Crippen LogP contribution in [0.25, 0.3) is 0 Å². The Balaban J connectivity index is 1.19. The van der Waals surface area contributed by atoms with Crippen LogP contribution < -0.4 is 9.47 Å². The summed E-state index contributed by atoms with van der Waals surface area (Å²) < 4.78 is 22.1. The van der Waals surface area contributed by atoms with Gasteiger partial charge in [0.25, 0.3) is 5.89 Å². The Morgan fingerprint density at radius 2 is 1.89 bits per heavy atom. The van der Waals surface area contributed by atoms with Crippen LogP contribution in [0.1, 0.15) is 43.5 Å². The Bertz CT molecular complexity index is 704. The molecule has 4 rings (SSSR count). The standard InChI is InChI=1S/C20H27N3O4/c1-24-16-4-6-17(7-5-16)26-14-15-8-10-23(11-9-15)13-19-21-20(27-22-19)18-3-2-12-25-18/h4-7,15,18H,2-3,8-14H2,1H3/t18-/m1/s1. The lowest BCUT2D eigenvalue weighted by Gasteiger charge is -2.30. The average Bonchev–Trinajstić information content (AvgIpc) is 3.40.